The Balaban J connectivity index is 2.55. The van der Waals surface area contributed by atoms with Crippen LogP contribution in [-0.2, 0) is 4.79 Å². The van der Waals surface area contributed by atoms with Crippen molar-refractivity contribution < 1.29 is 9.53 Å². The van der Waals surface area contributed by atoms with E-state index in [0.29, 0.717) is 11.8 Å². The number of likely N-dealkylation sites (N-methyl/N-ethyl adjacent to an activating group) is 1. The molecule has 0 aliphatic carbocycles. The summed E-state index contributed by atoms with van der Waals surface area (Å²) in [6, 6.07) is 7.81. The van der Waals surface area contributed by atoms with E-state index in [2.05, 4.69) is 18.3 Å². The molecule has 4 nitrogen and oxygen atoms in total. The van der Waals surface area contributed by atoms with Gasteiger partial charge in [-0.2, -0.15) is 0 Å². The average Bonchev–Trinajstić information content (AvgIpc) is 2.34. The van der Waals surface area contributed by atoms with Gasteiger partial charge in [-0.05, 0) is 31.7 Å². The zero-order valence-electron chi connectivity index (χ0n) is 10.1. The quantitative estimate of drug-likeness (QED) is 0.776. The van der Waals surface area contributed by atoms with Gasteiger partial charge in [-0.1, -0.05) is 24.3 Å². The van der Waals surface area contributed by atoms with Crippen LogP contribution >= 0.6 is 0 Å². The number of benzene rings is 1. The Bertz CT molecular complexity index is 385. The van der Waals surface area contributed by atoms with Gasteiger partial charge in [-0.15, -0.1) is 0 Å². The largest absolute Gasteiger partial charge is 0.484 e. The van der Waals surface area contributed by atoms with E-state index in [1.54, 1.807) is 0 Å². The van der Waals surface area contributed by atoms with Crippen molar-refractivity contribution in [2.45, 2.75) is 13.0 Å². The third-order valence-corrected chi connectivity index (χ3v) is 2.29. The number of primary amides is 1. The zero-order valence-corrected chi connectivity index (χ0v) is 10.1. The fourth-order valence-electron chi connectivity index (χ4n) is 1.18. The molecule has 0 bridgehead atoms. The van der Waals surface area contributed by atoms with Gasteiger partial charge in [0, 0.05) is 6.04 Å². The van der Waals surface area contributed by atoms with Crippen LogP contribution in [0, 0.1) is 0 Å². The van der Waals surface area contributed by atoms with Gasteiger partial charge >= 0.3 is 0 Å². The molecule has 3 N–H and O–H groups in total. The Kier molecular flexibility index (Phi) is 5.23. The predicted molar refractivity (Wildman–Crippen MR) is 68.7 cm³/mol. The van der Waals surface area contributed by atoms with E-state index in [9.17, 15) is 4.79 Å². The van der Waals surface area contributed by atoms with Crippen LogP contribution in [0.15, 0.2) is 30.3 Å². The van der Waals surface area contributed by atoms with Crippen LogP contribution in [0.2, 0.25) is 0 Å². The number of nitrogens with one attached hydrogen (secondary N) is 1. The van der Waals surface area contributed by atoms with E-state index in [-0.39, 0.29) is 6.61 Å². The van der Waals surface area contributed by atoms with Gasteiger partial charge in [0.25, 0.3) is 5.91 Å². The molecule has 0 heterocycles. The number of carbonyl (C=O) groups is 1. The van der Waals surface area contributed by atoms with E-state index < -0.39 is 5.91 Å². The predicted octanol–water partition coefficient (Wildman–Crippen LogP) is 1.17. The first kappa shape index (κ1) is 13.3. The summed E-state index contributed by atoms with van der Waals surface area (Å²) in [6.45, 7) is 1.98. The minimum Gasteiger partial charge on any atom is -0.484 e. The second-order valence-corrected chi connectivity index (χ2v) is 3.76. The summed E-state index contributed by atoms with van der Waals surface area (Å²) in [5.74, 6) is 0.166. The molecule has 1 amide bonds. The van der Waals surface area contributed by atoms with E-state index in [1.165, 1.54) is 0 Å². The van der Waals surface area contributed by atoms with E-state index >= 15 is 0 Å². The summed E-state index contributed by atoms with van der Waals surface area (Å²) in [6.07, 6.45) is 4.10. The molecule has 17 heavy (non-hydrogen) atoms. The Morgan fingerprint density at radius 3 is 2.65 bits per heavy atom. The Labute approximate surface area is 101 Å². The highest BCUT2D eigenvalue weighted by atomic mass is 16.5. The third-order valence-electron chi connectivity index (χ3n) is 2.29. The van der Waals surface area contributed by atoms with Crippen molar-refractivity contribution in [3.63, 3.8) is 0 Å². The van der Waals surface area contributed by atoms with Crippen molar-refractivity contribution in [3.05, 3.63) is 35.9 Å². The first-order chi connectivity index (χ1) is 8.11. The second kappa shape index (κ2) is 6.70. The summed E-state index contributed by atoms with van der Waals surface area (Å²) in [7, 11) is 1.91. The van der Waals surface area contributed by atoms with Gasteiger partial charge in [-0.25, -0.2) is 0 Å². The van der Waals surface area contributed by atoms with Crippen LogP contribution in [0.25, 0.3) is 6.08 Å². The van der Waals surface area contributed by atoms with E-state index in [4.69, 9.17) is 10.5 Å². The summed E-state index contributed by atoms with van der Waals surface area (Å²) in [5, 5.41) is 3.12. The number of carbonyl (C=O) groups excluding carboxylic acids is 1. The first-order valence-electron chi connectivity index (χ1n) is 5.48. The monoisotopic (exact) mass is 234 g/mol. The van der Waals surface area contributed by atoms with Crippen molar-refractivity contribution >= 4 is 12.0 Å². The van der Waals surface area contributed by atoms with Crippen LogP contribution in [0.1, 0.15) is 12.5 Å². The number of amides is 1. The molecule has 1 unspecified atom stereocenters. The zero-order chi connectivity index (χ0) is 12.7. The highest BCUT2D eigenvalue weighted by molar-refractivity contribution is 5.75. The Hall–Kier alpha value is -1.81. The molecule has 0 aromatic heterocycles. The minimum absolute atomic E-state index is 0.0913. The van der Waals surface area contributed by atoms with Gasteiger partial charge in [0.15, 0.2) is 6.61 Å². The molecule has 0 fully saturated rings. The van der Waals surface area contributed by atoms with Gasteiger partial charge in [0.1, 0.15) is 5.75 Å². The molecule has 92 valence electrons. The van der Waals surface area contributed by atoms with Crippen molar-refractivity contribution in [2.75, 3.05) is 13.7 Å². The summed E-state index contributed by atoms with van der Waals surface area (Å²) in [4.78, 5) is 10.5. The lowest BCUT2D eigenvalue weighted by molar-refractivity contribution is -0.119. The van der Waals surface area contributed by atoms with Gasteiger partial charge < -0.3 is 15.8 Å². The molecular weight excluding hydrogens is 216 g/mol. The molecule has 1 rings (SSSR count). The third kappa shape index (κ3) is 5.17. The van der Waals surface area contributed by atoms with Crippen LogP contribution in [0.3, 0.4) is 0 Å². The maximum atomic E-state index is 10.5. The lowest BCUT2D eigenvalue weighted by Gasteiger charge is -2.04. The number of hydrogen-bond donors (Lipinski definition) is 2. The summed E-state index contributed by atoms with van der Waals surface area (Å²) >= 11 is 0. The van der Waals surface area contributed by atoms with Crippen LogP contribution in [0.4, 0.5) is 0 Å². The molecule has 0 aliphatic rings. The Morgan fingerprint density at radius 2 is 2.12 bits per heavy atom. The van der Waals surface area contributed by atoms with Crippen LogP contribution in [-0.4, -0.2) is 25.6 Å². The minimum atomic E-state index is -0.475. The highest BCUT2D eigenvalue weighted by Crippen LogP contribution is 2.13. The standard InChI is InChI=1S/C13H18N2O2/c1-10(15-2)3-4-11-5-7-12(8-6-11)17-9-13(14)16/h3-8,10,15H,9H2,1-2H3,(H2,14,16)/b4-3+. The smallest absolute Gasteiger partial charge is 0.255 e. The lowest BCUT2D eigenvalue weighted by Crippen LogP contribution is -2.19. The number of ether oxygens (including phenoxy) is 1. The van der Waals surface area contributed by atoms with Crippen molar-refractivity contribution in [3.8, 4) is 5.75 Å². The highest BCUT2D eigenvalue weighted by Gasteiger charge is 1.97. The topological polar surface area (TPSA) is 64.3 Å². The molecule has 1 aromatic carbocycles. The SMILES string of the molecule is CNC(C)/C=C/c1ccc(OCC(N)=O)cc1. The molecule has 1 aromatic rings. The van der Waals surface area contributed by atoms with Crippen LogP contribution < -0.4 is 15.8 Å². The molecular formula is C13H18N2O2. The van der Waals surface area contributed by atoms with Crippen LogP contribution in [0.5, 0.6) is 5.75 Å². The number of nitrogens with two attached hydrogens (primary N) is 1. The van der Waals surface area contributed by atoms with E-state index in [0.717, 1.165) is 5.56 Å². The fourth-order valence-corrected chi connectivity index (χ4v) is 1.18. The molecule has 0 saturated heterocycles. The normalized spacial score (nSPS) is 12.6. The molecule has 0 aliphatic heterocycles. The summed E-state index contributed by atoms with van der Waals surface area (Å²) < 4.78 is 5.16. The van der Waals surface area contributed by atoms with Gasteiger partial charge in [0.05, 0.1) is 0 Å². The molecule has 0 saturated carbocycles. The fraction of sp³-hybridized carbons (Fsp3) is 0.308. The lowest BCUT2D eigenvalue weighted by atomic mass is 10.2. The maximum Gasteiger partial charge on any atom is 0.255 e. The van der Waals surface area contributed by atoms with Gasteiger partial charge in [-0.3, -0.25) is 4.79 Å². The first-order valence-corrected chi connectivity index (χ1v) is 5.48. The summed E-state index contributed by atoms with van der Waals surface area (Å²) in [5.41, 5.74) is 6.07. The molecule has 1 atom stereocenters. The van der Waals surface area contributed by atoms with Crippen molar-refractivity contribution in [1.29, 1.82) is 0 Å². The molecule has 0 spiro atoms. The second-order valence-electron chi connectivity index (χ2n) is 3.76. The maximum absolute atomic E-state index is 10.5. The van der Waals surface area contributed by atoms with Gasteiger partial charge in [0.2, 0.25) is 0 Å². The Morgan fingerprint density at radius 1 is 1.47 bits per heavy atom. The van der Waals surface area contributed by atoms with E-state index in [1.807, 2.05) is 37.4 Å². The molecule has 4 heteroatoms. The van der Waals surface area contributed by atoms with Crippen molar-refractivity contribution in [1.82, 2.24) is 5.32 Å². The average molecular weight is 234 g/mol. The number of rotatable bonds is 6. The number of hydrogen-bond acceptors (Lipinski definition) is 3. The molecule has 0 radical (unpaired) electrons. The van der Waals surface area contributed by atoms with Crippen molar-refractivity contribution in [2.24, 2.45) is 5.73 Å².